The van der Waals surface area contributed by atoms with Crippen molar-refractivity contribution >= 4 is 11.4 Å². The molecule has 3 nitrogen and oxygen atoms in total. The number of hydrogen-bond acceptors (Lipinski definition) is 3. The molecule has 1 heterocycles. The summed E-state index contributed by atoms with van der Waals surface area (Å²) in [6.45, 7) is 8.45. The van der Waals surface area contributed by atoms with Crippen molar-refractivity contribution in [1.29, 1.82) is 0 Å². The molecule has 2 fully saturated rings. The molecule has 0 spiro atoms. The van der Waals surface area contributed by atoms with Crippen molar-refractivity contribution in [3.05, 3.63) is 24.3 Å². The topological polar surface area (TPSA) is 24.5 Å². The molecule has 1 aliphatic heterocycles. The first-order chi connectivity index (χ1) is 10.2. The van der Waals surface area contributed by atoms with Crippen molar-refractivity contribution in [3.63, 3.8) is 0 Å². The third-order valence-corrected chi connectivity index (χ3v) is 5.05. The Morgan fingerprint density at radius 3 is 2.48 bits per heavy atom. The first-order valence-corrected chi connectivity index (χ1v) is 8.41. The Balaban J connectivity index is 1.61. The van der Waals surface area contributed by atoms with Crippen LogP contribution >= 0.6 is 0 Å². The zero-order valence-corrected chi connectivity index (χ0v) is 13.3. The molecule has 3 rings (SSSR count). The van der Waals surface area contributed by atoms with E-state index in [0.717, 1.165) is 38.1 Å². The van der Waals surface area contributed by atoms with E-state index in [-0.39, 0.29) is 0 Å². The minimum Gasteiger partial charge on any atom is -0.382 e. The molecule has 1 aromatic carbocycles. The number of rotatable bonds is 3. The Bertz CT molecular complexity index is 439. The molecule has 1 aliphatic carbocycles. The Labute approximate surface area is 128 Å². The molecule has 1 saturated carbocycles. The van der Waals surface area contributed by atoms with Crippen LogP contribution in [-0.2, 0) is 4.74 Å². The van der Waals surface area contributed by atoms with E-state index in [1.807, 2.05) is 0 Å². The number of hydrogen-bond donors (Lipinski definition) is 1. The van der Waals surface area contributed by atoms with Crippen LogP contribution in [0.3, 0.4) is 0 Å². The SMILES string of the molecule is CC1CCC(C)C(Nc2ccc(N3CCOCC3)cc2)C1. The van der Waals surface area contributed by atoms with Crippen molar-refractivity contribution in [2.24, 2.45) is 11.8 Å². The van der Waals surface area contributed by atoms with Gasteiger partial charge in [0.15, 0.2) is 0 Å². The number of ether oxygens (including phenoxy) is 1. The summed E-state index contributed by atoms with van der Waals surface area (Å²) in [6, 6.07) is 9.57. The van der Waals surface area contributed by atoms with Crippen molar-refractivity contribution in [1.82, 2.24) is 0 Å². The van der Waals surface area contributed by atoms with Gasteiger partial charge in [-0.2, -0.15) is 0 Å². The molecule has 116 valence electrons. The van der Waals surface area contributed by atoms with E-state index in [1.54, 1.807) is 0 Å². The lowest BCUT2D eigenvalue weighted by Crippen LogP contribution is -2.36. The van der Waals surface area contributed by atoms with Crippen LogP contribution in [-0.4, -0.2) is 32.3 Å². The first kappa shape index (κ1) is 14.7. The summed E-state index contributed by atoms with van der Waals surface area (Å²) in [7, 11) is 0. The maximum Gasteiger partial charge on any atom is 0.0642 e. The molecule has 0 radical (unpaired) electrons. The molecule has 1 N–H and O–H groups in total. The van der Waals surface area contributed by atoms with E-state index in [9.17, 15) is 0 Å². The normalized spacial score (nSPS) is 30.2. The molecular formula is C18H28N2O. The van der Waals surface area contributed by atoms with Gasteiger partial charge in [-0.1, -0.05) is 20.3 Å². The molecule has 3 atom stereocenters. The van der Waals surface area contributed by atoms with Crippen molar-refractivity contribution in [3.8, 4) is 0 Å². The third kappa shape index (κ3) is 3.70. The highest BCUT2D eigenvalue weighted by Gasteiger charge is 2.25. The predicted molar refractivity (Wildman–Crippen MR) is 89.1 cm³/mol. The van der Waals surface area contributed by atoms with E-state index < -0.39 is 0 Å². The second kappa shape index (κ2) is 6.69. The van der Waals surface area contributed by atoms with Gasteiger partial charge in [-0.3, -0.25) is 0 Å². The Morgan fingerprint density at radius 1 is 1.05 bits per heavy atom. The standard InChI is InChI=1S/C18H28N2O/c1-14-3-4-15(2)18(13-14)19-16-5-7-17(8-6-16)20-9-11-21-12-10-20/h5-8,14-15,18-19H,3-4,9-13H2,1-2H3. The fraction of sp³-hybridized carbons (Fsp3) is 0.667. The minimum atomic E-state index is 0.628. The number of nitrogens with zero attached hydrogens (tertiary/aromatic N) is 1. The second-order valence-corrected chi connectivity index (χ2v) is 6.79. The van der Waals surface area contributed by atoms with Gasteiger partial charge in [0.2, 0.25) is 0 Å². The smallest absolute Gasteiger partial charge is 0.0642 e. The summed E-state index contributed by atoms with van der Waals surface area (Å²) >= 11 is 0. The number of morpholine rings is 1. The molecule has 0 aromatic heterocycles. The summed E-state index contributed by atoms with van der Waals surface area (Å²) < 4.78 is 5.41. The number of nitrogens with one attached hydrogen (secondary N) is 1. The summed E-state index contributed by atoms with van der Waals surface area (Å²) in [5.74, 6) is 1.63. The summed E-state index contributed by atoms with van der Waals surface area (Å²) in [5.41, 5.74) is 2.58. The van der Waals surface area contributed by atoms with Gasteiger partial charge in [-0.15, -0.1) is 0 Å². The lowest BCUT2D eigenvalue weighted by atomic mass is 9.80. The van der Waals surface area contributed by atoms with Crippen LogP contribution in [0, 0.1) is 11.8 Å². The highest BCUT2D eigenvalue weighted by atomic mass is 16.5. The van der Waals surface area contributed by atoms with Gasteiger partial charge in [0.1, 0.15) is 0 Å². The van der Waals surface area contributed by atoms with Gasteiger partial charge in [-0.25, -0.2) is 0 Å². The van der Waals surface area contributed by atoms with E-state index in [4.69, 9.17) is 4.74 Å². The number of benzene rings is 1. The first-order valence-electron chi connectivity index (χ1n) is 8.41. The highest BCUT2D eigenvalue weighted by molar-refractivity contribution is 5.55. The van der Waals surface area contributed by atoms with E-state index >= 15 is 0 Å². The Kier molecular flexibility index (Phi) is 4.69. The summed E-state index contributed by atoms with van der Waals surface area (Å²) in [5, 5.41) is 3.75. The van der Waals surface area contributed by atoms with E-state index in [1.165, 1.54) is 30.6 Å². The molecule has 3 unspecified atom stereocenters. The molecule has 0 bridgehead atoms. The molecule has 1 aromatic rings. The highest BCUT2D eigenvalue weighted by Crippen LogP contribution is 2.31. The van der Waals surface area contributed by atoms with Crippen LogP contribution in [0.1, 0.15) is 33.1 Å². The summed E-state index contributed by atoms with van der Waals surface area (Å²) in [6.07, 6.45) is 4.03. The Morgan fingerprint density at radius 2 is 1.76 bits per heavy atom. The summed E-state index contributed by atoms with van der Waals surface area (Å²) in [4.78, 5) is 2.40. The average molecular weight is 288 g/mol. The van der Waals surface area contributed by atoms with Crippen LogP contribution in [0.4, 0.5) is 11.4 Å². The average Bonchev–Trinajstić information content (AvgIpc) is 2.53. The maximum atomic E-state index is 5.41. The largest absolute Gasteiger partial charge is 0.382 e. The zero-order chi connectivity index (χ0) is 14.7. The molecule has 1 saturated heterocycles. The fourth-order valence-corrected chi connectivity index (χ4v) is 3.54. The van der Waals surface area contributed by atoms with Crippen LogP contribution in [0.5, 0.6) is 0 Å². The van der Waals surface area contributed by atoms with Gasteiger partial charge in [0, 0.05) is 30.5 Å². The maximum absolute atomic E-state index is 5.41. The van der Waals surface area contributed by atoms with Crippen molar-refractivity contribution in [2.45, 2.75) is 39.2 Å². The van der Waals surface area contributed by atoms with Crippen molar-refractivity contribution in [2.75, 3.05) is 36.5 Å². The van der Waals surface area contributed by atoms with Gasteiger partial charge in [-0.05, 0) is 48.9 Å². The third-order valence-electron chi connectivity index (χ3n) is 5.05. The number of anilines is 2. The van der Waals surface area contributed by atoms with Crippen LogP contribution in [0.15, 0.2) is 24.3 Å². The van der Waals surface area contributed by atoms with Crippen LogP contribution in [0.2, 0.25) is 0 Å². The Hall–Kier alpha value is -1.22. The van der Waals surface area contributed by atoms with Crippen LogP contribution < -0.4 is 10.2 Å². The molecule has 21 heavy (non-hydrogen) atoms. The lowest BCUT2D eigenvalue weighted by molar-refractivity contribution is 0.122. The molecule has 0 amide bonds. The van der Waals surface area contributed by atoms with E-state index in [0.29, 0.717) is 6.04 Å². The van der Waals surface area contributed by atoms with Gasteiger partial charge < -0.3 is 15.0 Å². The van der Waals surface area contributed by atoms with Crippen molar-refractivity contribution < 1.29 is 4.74 Å². The van der Waals surface area contributed by atoms with E-state index in [2.05, 4.69) is 48.3 Å². The zero-order valence-electron chi connectivity index (χ0n) is 13.3. The van der Waals surface area contributed by atoms with Gasteiger partial charge in [0.25, 0.3) is 0 Å². The van der Waals surface area contributed by atoms with Gasteiger partial charge >= 0.3 is 0 Å². The quantitative estimate of drug-likeness (QED) is 0.916. The molecular weight excluding hydrogens is 260 g/mol. The molecule has 2 aliphatic rings. The fourth-order valence-electron chi connectivity index (χ4n) is 3.54. The lowest BCUT2D eigenvalue weighted by Gasteiger charge is -2.34. The van der Waals surface area contributed by atoms with Crippen LogP contribution in [0.25, 0.3) is 0 Å². The van der Waals surface area contributed by atoms with Gasteiger partial charge in [0.05, 0.1) is 13.2 Å². The molecule has 3 heteroatoms. The second-order valence-electron chi connectivity index (χ2n) is 6.79. The predicted octanol–water partition coefficient (Wildman–Crippen LogP) is 3.76. The minimum absolute atomic E-state index is 0.628. The monoisotopic (exact) mass is 288 g/mol.